The zero-order valence-electron chi connectivity index (χ0n) is 12.6. The van der Waals surface area contributed by atoms with Gasteiger partial charge in [0.2, 0.25) is 0 Å². The van der Waals surface area contributed by atoms with Crippen molar-refractivity contribution in [1.82, 2.24) is 9.78 Å². The molecule has 0 saturated carbocycles. The van der Waals surface area contributed by atoms with E-state index < -0.39 is 5.60 Å². The molecule has 4 nitrogen and oxygen atoms in total. The van der Waals surface area contributed by atoms with Gasteiger partial charge < -0.3 is 4.74 Å². The van der Waals surface area contributed by atoms with Crippen molar-refractivity contribution in [3.63, 3.8) is 0 Å². The second-order valence-corrected chi connectivity index (χ2v) is 6.02. The first-order valence-electron chi connectivity index (χ1n) is 7.05. The van der Waals surface area contributed by atoms with Gasteiger partial charge >= 0.3 is 5.97 Å². The van der Waals surface area contributed by atoms with Crippen LogP contribution in [0.15, 0.2) is 24.4 Å². The van der Waals surface area contributed by atoms with E-state index in [1.807, 2.05) is 49.8 Å². The van der Waals surface area contributed by atoms with Crippen molar-refractivity contribution in [3.8, 4) is 0 Å². The predicted molar refractivity (Wildman–Crippen MR) is 79.6 cm³/mol. The van der Waals surface area contributed by atoms with Crippen LogP contribution >= 0.6 is 0 Å². The van der Waals surface area contributed by atoms with E-state index in [-0.39, 0.29) is 5.97 Å². The van der Waals surface area contributed by atoms with Crippen LogP contribution in [0, 0.1) is 0 Å². The number of hydrogen-bond acceptors (Lipinski definition) is 3. The average Bonchev–Trinajstić information content (AvgIpc) is 2.70. The molecule has 0 aliphatic rings. The number of benzene rings is 1. The van der Waals surface area contributed by atoms with Gasteiger partial charge in [0, 0.05) is 11.9 Å². The number of carbonyl (C=O) groups is 1. The van der Waals surface area contributed by atoms with E-state index >= 15 is 0 Å². The number of carbonyl (C=O) groups excluding carboxylic acids is 1. The maximum atomic E-state index is 11.9. The average molecular weight is 274 g/mol. The Kier molecular flexibility index (Phi) is 4.12. The summed E-state index contributed by atoms with van der Waals surface area (Å²) < 4.78 is 7.33. The molecule has 20 heavy (non-hydrogen) atoms. The Morgan fingerprint density at radius 2 is 2.10 bits per heavy atom. The summed E-state index contributed by atoms with van der Waals surface area (Å²) in [6.07, 6.45) is 3.19. The molecule has 0 fully saturated rings. The zero-order chi connectivity index (χ0) is 14.8. The van der Waals surface area contributed by atoms with Crippen LogP contribution in [0.1, 0.15) is 39.7 Å². The summed E-state index contributed by atoms with van der Waals surface area (Å²) in [7, 11) is 0. The number of nitrogens with zero attached hydrogens (tertiary/aromatic N) is 2. The maximum Gasteiger partial charge on any atom is 0.310 e. The number of ether oxygens (including phenoxy) is 1. The molecule has 2 rings (SSSR count). The lowest BCUT2D eigenvalue weighted by atomic mass is 10.1. The minimum Gasteiger partial charge on any atom is -0.460 e. The summed E-state index contributed by atoms with van der Waals surface area (Å²) in [4.78, 5) is 11.9. The third-order valence-electron chi connectivity index (χ3n) is 2.91. The van der Waals surface area contributed by atoms with Crippen LogP contribution in [0.2, 0.25) is 0 Å². The fourth-order valence-electron chi connectivity index (χ4n) is 2.16. The third kappa shape index (κ3) is 3.59. The summed E-state index contributed by atoms with van der Waals surface area (Å²) in [5.74, 6) is -0.196. The summed E-state index contributed by atoms with van der Waals surface area (Å²) in [6, 6.07) is 6.00. The number of aryl methyl sites for hydroxylation is 1. The van der Waals surface area contributed by atoms with Crippen LogP contribution in [-0.2, 0) is 22.5 Å². The van der Waals surface area contributed by atoms with Gasteiger partial charge in [0.25, 0.3) is 0 Å². The highest BCUT2D eigenvalue weighted by Gasteiger charge is 2.16. The van der Waals surface area contributed by atoms with Crippen molar-refractivity contribution in [2.45, 2.75) is 52.7 Å². The van der Waals surface area contributed by atoms with Crippen LogP contribution in [0.25, 0.3) is 10.9 Å². The number of fused-ring (bicyclic) bond motifs is 1. The lowest BCUT2D eigenvalue weighted by molar-refractivity contribution is -0.153. The molecule has 1 aromatic heterocycles. The topological polar surface area (TPSA) is 44.1 Å². The molecule has 0 spiro atoms. The van der Waals surface area contributed by atoms with Crippen LogP contribution < -0.4 is 0 Å². The first-order valence-corrected chi connectivity index (χ1v) is 7.05. The highest BCUT2D eigenvalue weighted by Crippen LogP contribution is 2.18. The van der Waals surface area contributed by atoms with E-state index in [9.17, 15) is 4.79 Å². The van der Waals surface area contributed by atoms with E-state index in [0.29, 0.717) is 6.42 Å². The van der Waals surface area contributed by atoms with Gasteiger partial charge in [-0.3, -0.25) is 9.48 Å². The summed E-state index contributed by atoms with van der Waals surface area (Å²) in [5.41, 5.74) is 1.60. The molecule has 0 unspecified atom stereocenters. The molecule has 0 aliphatic heterocycles. The number of rotatable bonds is 4. The van der Waals surface area contributed by atoms with Crippen LogP contribution in [0.3, 0.4) is 0 Å². The van der Waals surface area contributed by atoms with Gasteiger partial charge in [-0.25, -0.2) is 0 Å². The molecule has 108 valence electrons. The van der Waals surface area contributed by atoms with Crippen molar-refractivity contribution in [2.75, 3.05) is 0 Å². The van der Waals surface area contributed by atoms with Gasteiger partial charge in [-0.05, 0) is 38.8 Å². The van der Waals surface area contributed by atoms with E-state index in [1.165, 1.54) is 0 Å². The SMILES string of the molecule is CCCn1ncc2ccc(CC(=O)OC(C)(C)C)cc21. The van der Waals surface area contributed by atoms with Gasteiger partial charge in [0.05, 0.1) is 18.1 Å². The standard InChI is InChI=1S/C16H22N2O2/c1-5-8-18-14-9-12(6-7-13(14)11-17-18)10-15(19)20-16(2,3)4/h6-7,9,11H,5,8,10H2,1-4H3. The number of hydrogen-bond donors (Lipinski definition) is 0. The maximum absolute atomic E-state index is 11.9. The fourth-order valence-corrected chi connectivity index (χ4v) is 2.16. The van der Waals surface area contributed by atoms with Crippen molar-refractivity contribution in [1.29, 1.82) is 0 Å². The Hall–Kier alpha value is -1.84. The largest absolute Gasteiger partial charge is 0.460 e. The van der Waals surface area contributed by atoms with Gasteiger partial charge in [0.15, 0.2) is 0 Å². The minimum atomic E-state index is -0.439. The van der Waals surface area contributed by atoms with Gasteiger partial charge in [-0.15, -0.1) is 0 Å². The molecule has 0 atom stereocenters. The quantitative estimate of drug-likeness (QED) is 0.803. The van der Waals surface area contributed by atoms with Crippen molar-refractivity contribution in [3.05, 3.63) is 30.0 Å². The van der Waals surface area contributed by atoms with Gasteiger partial charge in [-0.1, -0.05) is 19.1 Å². The van der Waals surface area contributed by atoms with Crippen molar-refractivity contribution >= 4 is 16.9 Å². The van der Waals surface area contributed by atoms with Crippen LogP contribution in [-0.4, -0.2) is 21.4 Å². The minimum absolute atomic E-state index is 0.196. The van der Waals surface area contributed by atoms with Crippen molar-refractivity contribution < 1.29 is 9.53 Å². The number of esters is 1. The lowest BCUT2D eigenvalue weighted by Gasteiger charge is -2.19. The van der Waals surface area contributed by atoms with E-state index in [0.717, 1.165) is 29.4 Å². The summed E-state index contributed by atoms with van der Waals surface area (Å²) >= 11 is 0. The second kappa shape index (κ2) is 5.65. The molecule has 0 bridgehead atoms. The van der Waals surface area contributed by atoms with Crippen LogP contribution in [0.4, 0.5) is 0 Å². The predicted octanol–water partition coefficient (Wildman–Crippen LogP) is 3.33. The molecule has 0 saturated heterocycles. The molecule has 1 aromatic carbocycles. The molecule has 1 heterocycles. The van der Waals surface area contributed by atoms with Crippen molar-refractivity contribution in [2.24, 2.45) is 0 Å². The Morgan fingerprint density at radius 1 is 1.35 bits per heavy atom. The molecule has 0 N–H and O–H groups in total. The highest BCUT2D eigenvalue weighted by atomic mass is 16.6. The van der Waals surface area contributed by atoms with Gasteiger partial charge in [0.1, 0.15) is 5.60 Å². The smallest absolute Gasteiger partial charge is 0.310 e. The van der Waals surface area contributed by atoms with Gasteiger partial charge in [-0.2, -0.15) is 5.10 Å². The molecule has 2 aromatic rings. The second-order valence-electron chi connectivity index (χ2n) is 6.02. The molecule has 0 aliphatic carbocycles. The lowest BCUT2D eigenvalue weighted by Crippen LogP contribution is -2.24. The molecule has 0 amide bonds. The molecule has 0 radical (unpaired) electrons. The Bertz CT molecular complexity index is 608. The Morgan fingerprint density at radius 3 is 2.75 bits per heavy atom. The number of aromatic nitrogens is 2. The van der Waals surface area contributed by atoms with E-state index in [1.54, 1.807) is 0 Å². The van der Waals surface area contributed by atoms with E-state index in [4.69, 9.17) is 4.74 Å². The normalized spacial score (nSPS) is 11.8. The monoisotopic (exact) mass is 274 g/mol. The molecular weight excluding hydrogens is 252 g/mol. The first-order chi connectivity index (χ1) is 9.39. The van der Waals surface area contributed by atoms with Crippen LogP contribution in [0.5, 0.6) is 0 Å². The third-order valence-corrected chi connectivity index (χ3v) is 2.91. The highest BCUT2D eigenvalue weighted by molar-refractivity contribution is 5.81. The first kappa shape index (κ1) is 14.6. The Labute approximate surface area is 119 Å². The van der Waals surface area contributed by atoms with E-state index in [2.05, 4.69) is 12.0 Å². The zero-order valence-corrected chi connectivity index (χ0v) is 12.6. The molecule has 4 heteroatoms. The molecular formula is C16H22N2O2. The summed E-state index contributed by atoms with van der Waals surface area (Å²) in [5, 5.41) is 5.47. The Balaban J connectivity index is 2.18. The fraction of sp³-hybridized carbons (Fsp3) is 0.500. The summed E-state index contributed by atoms with van der Waals surface area (Å²) in [6.45, 7) is 8.65.